The SMILES string of the molecule is CC(Oc1ccccc1F)C(=O)NNC(=O)CN1C(=O)N(C)C2(CCCCC2)C1=O. The van der Waals surface area contributed by atoms with Gasteiger partial charge >= 0.3 is 6.03 Å². The van der Waals surface area contributed by atoms with Crippen molar-refractivity contribution in [3.05, 3.63) is 30.1 Å². The average Bonchev–Trinajstić information content (AvgIpc) is 2.90. The Kier molecular flexibility index (Phi) is 6.23. The molecule has 1 aliphatic carbocycles. The Balaban J connectivity index is 1.53. The van der Waals surface area contributed by atoms with Gasteiger partial charge < -0.3 is 9.64 Å². The minimum atomic E-state index is -1.09. The van der Waals surface area contributed by atoms with E-state index in [4.69, 9.17) is 4.74 Å². The number of hydrogen-bond acceptors (Lipinski definition) is 5. The monoisotopic (exact) mass is 420 g/mol. The van der Waals surface area contributed by atoms with E-state index in [2.05, 4.69) is 10.9 Å². The molecule has 10 heteroatoms. The summed E-state index contributed by atoms with van der Waals surface area (Å²) in [7, 11) is 1.58. The molecule has 2 aliphatic rings. The quantitative estimate of drug-likeness (QED) is 0.552. The molecule has 1 saturated heterocycles. The number of likely N-dealkylation sites (N-methyl/N-ethyl adjacent to an activating group) is 1. The van der Waals surface area contributed by atoms with Crippen LogP contribution in [-0.2, 0) is 14.4 Å². The van der Waals surface area contributed by atoms with Crippen LogP contribution in [0.5, 0.6) is 5.75 Å². The number of imide groups is 1. The topological polar surface area (TPSA) is 108 Å². The number of carbonyl (C=O) groups is 4. The fourth-order valence-corrected chi connectivity index (χ4v) is 3.87. The van der Waals surface area contributed by atoms with Crippen molar-refractivity contribution in [2.45, 2.75) is 50.7 Å². The first-order valence-electron chi connectivity index (χ1n) is 9.86. The van der Waals surface area contributed by atoms with Crippen molar-refractivity contribution in [3.63, 3.8) is 0 Å². The van der Waals surface area contributed by atoms with Gasteiger partial charge in [0.25, 0.3) is 17.7 Å². The van der Waals surface area contributed by atoms with Crippen molar-refractivity contribution < 1.29 is 28.3 Å². The summed E-state index contributed by atoms with van der Waals surface area (Å²) in [6.07, 6.45) is 2.77. The van der Waals surface area contributed by atoms with Gasteiger partial charge in [0.2, 0.25) is 0 Å². The number of para-hydroxylation sites is 1. The minimum absolute atomic E-state index is 0.0967. The van der Waals surface area contributed by atoms with Crippen LogP contribution in [0.1, 0.15) is 39.0 Å². The Morgan fingerprint density at radius 2 is 1.83 bits per heavy atom. The maximum Gasteiger partial charge on any atom is 0.327 e. The molecule has 1 heterocycles. The Morgan fingerprint density at radius 3 is 2.50 bits per heavy atom. The van der Waals surface area contributed by atoms with Crippen LogP contribution in [-0.4, -0.2) is 58.8 Å². The molecule has 1 aliphatic heterocycles. The third kappa shape index (κ3) is 4.07. The molecule has 0 radical (unpaired) electrons. The molecular formula is C20H25FN4O5. The lowest BCUT2D eigenvalue weighted by atomic mass is 9.81. The predicted molar refractivity (Wildman–Crippen MR) is 103 cm³/mol. The van der Waals surface area contributed by atoms with Crippen molar-refractivity contribution in [1.82, 2.24) is 20.7 Å². The van der Waals surface area contributed by atoms with Gasteiger partial charge in [-0.3, -0.25) is 30.1 Å². The van der Waals surface area contributed by atoms with Crippen molar-refractivity contribution in [2.24, 2.45) is 0 Å². The average molecular weight is 420 g/mol. The molecule has 9 nitrogen and oxygen atoms in total. The molecule has 1 aromatic carbocycles. The van der Waals surface area contributed by atoms with Crippen LogP contribution in [0.3, 0.4) is 0 Å². The molecular weight excluding hydrogens is 395 g/mol. The Bertz CT molecular complexity index is 855. The molecule has 2 fully saturated rings. The van der Waals surface area contributed by atoms with Crippen LogP contribution in [0.25, 0.3) is 0 Å². The second-order valence-electron chi connectivity index (χ2n) is 7.55. The lowest BCUT2D eigenvalue weighted by Gasteiger charge is -2.35. The van der Waals surface area contributed by atoms with E-state index in [-0.39, 0.29) is 11.7 Å². The smallest absolute Gasteiger partial charge is 0.327 e. The normalized spacial score (nSPS) is 19.0. The molecule has 162 valence electrons. The number of amides is 5. The van der Waals surface area contributed by atoms with Crippen molar-refractivity contribution in [2.75, 3.05) is 13.6 Å². The van der Waals surface area contributed by atoms with E-state index in [0.717, 1.165) is 24.2 Å². The van der Waals surface area contributed by atoms with Gasteiger partial charge in [-0.2, -0.15) is 0 Å². The summed E-state index contributed by atoms with van der Waals surface area (Å²) in [4.78, 5) is 52.0. The fraction of sp³-hybridized carbons (Fsp3) is 0.500. The number of halogens is 1. The summed E-state index contributed by atoms with van der Waals surface area (Å²) in [6.45, 7) is 0.885. The summed E-state index contributed by atoms with van der Waals surface area (Å²) in [5, 5.41) is 0. The van der Waals surface area contributed by atoms with Gasteiger partial charge in [0.15, 0.2) is 17.7 Å². The molecule has 3 rings (SSSR count). The molecule has 1 unspecified atom stereocenters. The van der Waals surface area contributed by atoms with Crippen LogP contribution >= 0.6 is 0 Å². The highest BCUT2D eigenvalue weighted by atomic mass is 19.1. The second-order valence-corrected chi connectivity index (χ2v) is 7.55. The molecule has 0 aromatic heterocycles. The standard InChI is InChI=1S/C20H25FN4O5/c1-13(30-15-9-5-4-8-14(15)21)17(27)23-22-16(26)12-25-18(28)20(24(2)19(25)29)10-6-3-7-11-20/h4-5,8-9,13H,3,6-7,10-12H2,1-2H3,(H,22,26)(H,23,27). The molecule has 1 atom stereocenters. The second kappa shape index (κ2) is 8.68. The van der Waals surface area contributed by atoms with Gasteiger partial charge in [0, 0.05) is 7.05 Å². The highest BCUT2D eigenvalue weighted by molar-refractivity contribution is 6.09. The van der Waals surface area contributed by atoms with Gasteiger partial charge in [0.1, 0.15) is 12.1 Å². The summed E-state index contributed by atoms with van der Waals surface area (Å²) < 4.78 is 18.8. The van der Waals surface area contributed by atoms with E-state index < -0.39 is 41.9 Å². The van der Waals surface area contributed by atoms with E-state index in [9.17, 15) is 23.6 Å². The van der Waals surface area contributed by atoms with Gasteiger partial charge in [-0.15, -0.1) is 0 Å². The zero-order valence-corrected chi connectivity index (χ0v) is 16.9. The molecule has 0 bridgehead atoms. The first kappa shape index (κ1) is 21.5. The van der Waals surface area contributed by atoms with E-state index in [1.165, 1.54) is 30.0 Å². The number of carbonyl (C=O) groups excluding carboxylic acids is 4. The first-order chi connectivity index (χ1) is 14.3. The van der Waals surface area contributed by atoms with E-state index in [1.54, 1.807) is 13.1 Å². The van der Waals surface area contributed by atoms with Crippen LogP contribution in [0.4, 0.5) is 9.18 Å². The van der Waals surface area contributed by atoms with Crippen LogP contribution in [0.2, 0.25) is 0 Å². The maximum atomic E-state index is 13.6. The van der Waals surface area contributed by atoms with Crippen molar-refractivity contribution in [1.29, 1.82) is 0 Å². The summed E-state index contributed by atoms with van der Waals surface area (Å²) >= 11 is 0. The third-order valence-electron chi connectivity index (χ3n) is 5.62. The number of ether oxygens (including phenoxy) is 1. The zero-order valence-electron chi connectivity index (χ0n) is 16.9. The molecule has 1 saturated carbocycles. The predicted octanol–water partition coefficient (Wildman–Crippen LogP) is 1.34. The van der Waals surface area contributed by atoms with Crippen molar-refractivity contribution in [3.8, 4) is 5.75 Å². The number of nitrogens with zero attached hydrogens (tertiary/aromatic N) is 2. The van der Waals surface area contributed by atoms with Gasteiger partial charge in [0.05, 0.1) is 0 Å². The molecule has 30 heavy (non-hydrogen) atoms. The lowest BCUT2D eigenvalue weighted by Crippen LogP contribution is -2.52. The number of hydrogen-bond donors (Lipinski definition) is 2. The van der Waals surface area contributed by atoms with E-state index >= 15 is 0 Å². The van der Waals surface area contributed by atoms with Crippen LogP contribution in [0, 0.1) is 5.82 Å². The van der Waals surface area contributed by atoms with Gasteiger partial charge in [-0.1, -0.05) is 31.4 Å². The molecule has 2 N–H and O–H groups in total. The number of benzene rings is 1. The minimum Gasteiger partial charge on any atom is -0.478 e. The van der Waals surface area contributed by atoms with Gasteiger partial charge in [-0.25, -0.2) is 9.18 Å². The Hall–Kier alpha value is -3.17. The number of hydrazine groups is 1. The highest BCUT2D eigenvalue weighted by Crippen LogP contribution is 2.39. The highest BCUT2D eigenvalue weighted by Gasteiger charge is 2.55. The zero-order chi connectivity index (χ0) is 21.9. The maximum absolute atomic E-state index is 13.6. The Morgan fingerprint density at radius 1 is 1.17 bits per heavy atom. The number of nitrogens with one attached hydrogen (secondary N) is 2. The summed E-state index contributed by atoms with van der Waals surface area (Å²) in [5.41, 5.74) is 3.45. The van der Waals surface area contributed by atoms with Crippen LogP contribution in [0.15, 0.2) is 24.3 Å². The third-order valence-corrected chi connectivity index (χ3v) is 5.62. The number of rotatable bonds is 5. The molecule has 1 aromatic rings. The number of urea groups is 1. The summed E-state index contributed by atoms with van der Waals surface area (Å²) in [5.74, 6) is -2.54. The van der Waals surface area contributed by atoms with E-state index in [1.807, 2.05) is 0 Å². The first-order valence-corrected chi connectivity index (χ1v) is 9.86. The molecule has 5 amide bonds. The molecule has 1 spiro atoms. The largest absolute Gasteiger partial charge is 0.478 e. The Labute approximate surface area is 173 Å². The van der Waals surface area contributed by atoms with Crippen LogP contribution < -0.4 is 15.6 Å². The fourth-order valence-electron chi connectivity index (χ4n) is 3.87. The van der Waals surface area contributed by atoms with Crippen molar-refractivity contribution >= 4 is 23.8 Å². The van der Waals surface area contributed by atoms with E-state index in [0.29, 0.717) is 12.8 Å². The lowest BCUT2D eigenvalue weighted by molar-refractivity contribution is -0.138. The summed E-state index contributed by atoms with van der Waals surface area (Å²) in [6, 6.07) is 5.09. The van der Waals surface area contributed by atoms with Gasteiger partial charge in [-0.05, 0) is 31.9 Å².